The molecule has 1 aliphatic rings. The van der Waals surface area contributed by atoms with Gasteiger partial charge in [-0.05, 0) is 55.0 Å². The lowest BCUT2D eigenvalue weighted by Gasteiger charge is -2.25. The molecule has 0 saturated heterocycles. The number of hydrogen-bond donors (Lipinski definition) is 2. The van der Waals surface area contributed by atoms with Gasteiger partial charge in [-0.25, -0.2) is 27.9 Å². The zero-order chi connectivity index (χ0) is 19.7. The Kier molecular flexibility index (Phi) is 4.99. The van der Waals surface area contributed by atoms with E-state index in [2.05, 4.69) is 15.3 Å². The Morgan fingerprint density at radius 1 is 1.00 bits per heavy atom. The summed E-state index contributed by atoms with van der Waals surface area (Å²) in [4.78, 5) is 9.04. The maximum absolute atomic E-state index is 13.3. The zero-order valence-corrected chi connectivity index (χ0v) is 16.0. The van der Waals surface area contributed by atoms with Gasteiger partial charge in [-0.2, -0.15) is 0 Å². The molecule has 0 unspecified atom stereocenters. The molecule has 8 heteroatoms. The highest BCUT2D eigenvalue weighted by Gasteiger charge is 2.21. The third kappa shape index (κ3) is 4.13. The molecule has 0 spiro atoms. The zero-order valence-electron chi connectivity index (χ0n) is 15.2. The van der Waals surface area contributed by atoms with Gasteiger partial charge in [0.15, 0.2) is 0 Å². The van der Waals surface area contributed by atoms with Crippen LogP contribution < -0.4 is 10.5 Å². The highest BCUT2D eigenvalue weighted by molar-refractivity contribution is 7.89. The van der Waals surface area contributed by atoms with E-state index < -0.39 is 16.2 Å². The van der Waals surface area contributed by atoms with Crippen LogP contribution >= 0.6 is 0 Å². The van der Waals surface area contributed by atoms with Crippen LogP contribution in [0.4, 0.5) is 10.3 Å². The number of rotatable bonds is 4. The number of aromatic nitrogens is 2. The SMILES string of the molecule is NS(=O)(=O)c1ccc(-c2ccc3cnc(NC4CCC(F)CC4)nc3c2)cc1. The van der Waals surface area contributed by atoms with Crippen molar-refractivity contribution in [3.05, 3.63) is 48.7 Å². The van der Waals surface area contributed by atoms with Gasteiger partial charge >= 0.3 is 0 Å². The van der Waals surface area contributed by atoms with Crippen LogP contribution in [0, 0.1) is 0 Å². The van der Waals surface area contributed by atoms with E-state index in [1.54, 1.807) is 18.3 Å². The number of fused-ring (bicyclic) bond motifs is 1. The van der Waals surface area contributed by atoms with Crippen LogP contribution in [0.25, 0.3) is 22.0 Å². The Morgan fingerprint density at radius 2 is 1.68 bits per heavy atom. The number of anilines is 1. The van der Waals surface area contributed by atoms with Crippen molar-refractivity contribution < 1.29 is 12.8 Å². The second-order valence-corrected chi connectivity index (χ2v) is 8.69. The van der Waals surface area contributed by atoms with Crippen LogP contribution in [0.1, 0.15) is 25.7 Å². The third-order valence-electron chi connectivity index (χ3n) is 5.09. The molecule has 0 atom stereocenters. The van der Waals surface area contributed by atoms with Gasteiger partial charge in [-0.15, -0.1) is 0 Å². The van der Waals surface area contributed by atoms with Gasteiger partial charge in [0.1, 0.15) is 6.17 Å². The average Bonchev–Trinajstić information content (AvgIpc) is 2.69. The number of nitrogens with zero attached hydrogens (tertiary/aromatic N) is 2. The molecule has 4 rings (SSSR count). The summed E-state index contributed by atoms with van der Waals surface area (Å²) in [7, 11) is -3.71. The molecule has 1 fully saturated rings. The predicted molar refractivity (Wildman–Crippen MR) is 107 cm³/mol. The number of nitrogens with one attached hydrogen (secondary N) is 1. The summed E-state index contributed by atoms with van der Waals surface area (Å²) in [6.45, 7) is 0. The number of benzene rings is 2. The highest BCUT2D eigenvalue weighted by atomic mass is 32.2. The van der Waals surface area contributed by atoms with Crippen LogP contribution in [0.5, 0.6) is 0 Å². The smallest absolute Gasteiger partial charge is 0.238 e. The summed E-state index contributed by atoms with van der Waals surface area (Å²) in [5, 5.41) is 9.36. The topological polar surface area (TPSA) is 98.0 Å². The lowest BCUT2D eigenvalue weighted by molar-refractivity contribution is 0.241. The molecule has 0 amide bonds. The van der Waals surface area contributed by atoms with Crippen molar-refractivity contribution in [2.24, 2.45) is 5.14 Å². The van der Waals surface area contributed by atoms with Crippen molar-refractivity contribution in [1.29, 1.82) is 0 Å². The van der Waals surface area contributed by atoms with Gasteiger partial charge in [0.25, 0.3) is 0 Å². The van der Waals surface area contributed by atoms with Crippen molar-refractivity contribution in [1.82, 2.24) is 9.97 Å². The van der Waals surface area contributed by atoms with Crippen molar-refractivity contribution in [2.75, 3.05) is 5.32 Å². The number of hydrogen-bond acceptors (Lipinski definition) is 5. The van der Waals surface area contributed by atoms with Crippen LogP contribution in [0.3, 0.4) is 0 Å². The first kappa shape index (κ1) is 18.8. The summed E-state index contributed by atoms with van der Waals surface area (Å²) in [5.41, 5.74) is 2.56. The summed E-state index contributed by atoms with van der Waals surface area (Å²) < 4.78 is 36.1. The van der Waals surface area contributed by atoms with Gasteiger partial charge in [0.05, 0.1) is 10.4 Å². The van der Waals surface area contributed by atoms with Crippen molar-refractivity contribution in [2.45, 2.75) is 42.8 Å². The summed E-state index contributed by atoms with van der Waals surface area (Å²) in [6, 6.07) is 12.4. The molecule has 3 aromatic rings. The summed E-state index contributed by atoms with van der Waals surface area (Å²) in [5.74, 6) is 0.538. The van der Waals surface area contributed by atoms with Crippen molar-refractivity contribution in [3.63, 3.8) is 0 Å². The highest BCUT2D eigenvalue weighted by Crippen LogP contribution is 2.26. The largest absolute Gasteiger partial charge is 0.351 e. The van der Waals surface area contributed by atoms with Gasteiger partial charge in [-0.3, -0.25) is 0 Å². The van der Waals surface area contributed by atoms with Gasteiger partial charge in [-0.1, -0.05) is 24.3 Å². The predicted octanol–water partition coefficient (Wildman–Crippen LogP) is 3.64. The minimum absolute atomic E-state index is 0.0776. The Hall–Kier alpha value is -2.58. The normalized spacial score (nSPS) is 20.2. The second-order valence-electron chi connectivity index (χ2n) is 7.13. The van der Waals surface area contributed by atoms with E-state index in [0.29, 0.717) is 18.8 Å². The van der Waals surface area contributed by atoms with Gasteiger partial charge in [0.2, 0.25) is 16.0 Å². The first-order chi connectivity index (χ1) is 13.4. The molecule has 1 aliphatic carbocycles. The molecule has 2 aromatic carbocycles. The van der Waals surface area contributed by atoms with Crippen LogP contribution in [-0.2, 0) is 10.0 Å². The number of alkyl halides is 1. The van der Waals surface area contributed by atoms with Crippen LogP contribution in [-0.4, -0.2) is 30.6 Å². The molecule has 0 aliphatic heterocycles. The number of primary sulfonamides is 1. The average molecular weight is 400 g/mol. The molecule has 146 valence electrons. The molecule has 3 N–H and O–H groups in total. The first-order valence-corrected chi connectivity index (χ1v) is 10.7. The Bertz CT molecular complexity index is 1090. The number of sulfonamides is 1. The maximum Gasteiger partial charge on any atom is 0.238 e. The molecule has 1 aromatic heterocycles. The standard InChI is InChI=1S/C20H21FN4O2S/c21-16-5-7-17(8-6-16)24-20-23-12-15-2-1-14(11-19(15)25-20)13-3-9-18(10-4-13)28(22,26)27/h1-4,9-12,16-17H,5-8H2,(H2,22,26,27)(H,23,24,25). The van der Waals surface area contributed by atoms with Gasteiger partial charge < -0.3 is 5.32 Å². The quantitative estimate of drug-likeness (QED) is 0.697. The van der Waals surface area contributed by atoms with E-state index in [9.17, 15) is 12.8 Å². The summed E-state index contributed by atoms with van der Waals surface area (Å²) in [6.07, 6.45) is 3.77. The number of nitrogens with two attached hydrogens (primary N) is 1. The third-order valence-corrected chi connectivity index (χ3v) is 6.02. The van der Waals surface area contributed by atoms with Crippen LogP contribution in [0.2, 0.25) is 0 Å². The van der Waals surface area contributed by atoms with E-state index in [-0.39, 0.29) is 10.9 Å². The fourth-order valence-electron chi connectivity index (χ4n) is 3.49. The van der Waals surface area contributed by atoms with E-state index >= 15 is 0 Å². The molecule has 0 bridgehead atoms. The van der Waals surface area contributed by atoms with E-state index in [1.165, 1.54) is 12.1 Å². The minimum Gasteiger partial charge on any atom is -0.351 e. The molecule has 1 saturated carbocycles. The van der Waals surface area contributed by atoms with Crippen LogP contribution in [0.15, 0.2) is 53.6 Å². The monoisotopic (exact) mass is 400 g/mol. The lowest BCUT2D eigenvalue weighted by Crippen LogP contribution is -2.27. The Labute approximate surface area is 163 Å². The van der Waals surface area contributed by atoms with Gasteiger partial charge in [0, 0.05) is 17.6 Å². The fourth-order valence-corrected chi connectivity index (χ4v) is 4.00. The van der Waals surface area contributed by atoms with E-state index in [0.717, 1.165) is 34.9 Å². The lowest BCUT2D eigenvalue weighted by atomic mass is 9.94. The fraction of sp³-hybridized carbons (Fsp3) is 0.300. The molecule has 0 radical (unpaired) electrons. The molecular weight excluding hydrogens is 379 g/mol. The van der Waals surface area contributed by atoms with E-state index in [4.69, 9.17) is 5.14 Å². The van der Waals surface area contributed by atoms with E-state index in [1.807, 2.05) is 18.2 Å². The maximum atomic E-state index is 13.3. The Balaban J connectivity index is 1.59. The molecular formula is C20H21FN4O2S. The summed E-state index contributed by atoms with van der Waals surface area (Å²) >= 11 is 0. The molecule has 6 nitrogen and oxygen atoms in total. The van der Waals surface area contributed by atoms with Crippen molar-refractivity contribution >= 4 is 26.9 Å². The first-order valence-electron chi connectivity index (χ1n) is 9.19. The second kappa shape index (κ2) is 7.44. The minimum atomic E-state index is -3.71. The molecule has 28 heavy (non-hydrogen) atoms. The number of halogens is 1. The molecule has 1 heterocycles. The van der Waals surface area contributed by atoms with Crippen molar-refractivity contribution in [3.8, 4) is 11.1 Å². The Morgan fingerprint density at radius 3 is 2.36 bits per heavy atom.